The second-order valence-electron chi connectivity index (χ2n) is 3.17. The van der Waals surface area contributed by atoms with Crippen LogP contribution in [0.4, 0.5) is 0 Å². The van der Waals surface area contributed by atoms with E-state index in [4.69, 9.17) is 0 Å². The molecule has 0 aromatic heterocycles. The zero-order chi connectivity index (χ0) is 9.90. The quantitative estimate of drug-likeness (QED) is 0.532. The molecule has 0 aromatic rings. The smallest absolute Gasteiger partial charge is 0.0230 e. The van der Waals surface area contributed by atoms with Crippen LogP contribution in [-0.4, -0.2) is 0 Å². The Balaban J connectivity index is 2.45. The second kappa shape index (κ2) is 8.31. The van der Waals surface area contributed by atoms with Crippen molar-refractivity contribution < 1.29 is 0 Å². The molecule has 0 heterocycles. The molecule has 0 amide bonds. The van der Waals surface area contributed by atoms with Crippen LogP contribution in [0.3, 0.4) is 0 Å². The van der Waals surface area contributed by atoms with Crippen molar-refractivity contribution >= 4 is 0 Å². The van der Waals surface area contributed by atoms with E-state index >= 15 is 0 Å². The number of rotatable bonds is 0. The summed E-state index contributed by atoms with van der Waals surface area (Å²) in [7, 11) is 0. The standard InChI is InChI=1S/C14H17/c1-2-4-6-8-10-12-14-13-11-9-7-5-3-1/h1-6,11-13H,7-10H2. The first-order valence-corrected chi connectivity index (χ1v) is 5.21. The zero-order valence-corrected chi connectivity index (χ0v) is 8.52. The van der Waals surface area contributed by atoms with Crippen molar-refractivity contribution in [1.29, 1.82) is 0 Å². The van der Waals surface area contributed by atoms with Crippen LogP contribution in [0, 0.1) is 6.08 Å². The maximum atomic E-state index is 3.16. The fraction of sp³-hybridized carbons (Fsp3) is 0.286. The third-order valence-electron chi connectivity index (χ3n) is 1.92. The van der Waals surface area contributed by atoms with Gasteiger partial charge in [-0.15, -0.1) is 0 Å². The van der Waals surface area contributed by atoms with E-state index in [0.29, 0.717) is 0 Å². The Labute approximate surface area is 87.0 Å². The molecule has 0 fully saturated rings. The first-order valence-electron chi connectivity index (χ1n) is 5.21. The fourth-order valence-electron chi connectivity index (χ4n) is 1.15. The van der Waals surface area contributed by atoms with Crippen molar-refractivity contribution in [2.75, 3.05) is 0 Å². The van der Waals surface area contributed by atoms with Crippen molar-refractivity contribution in [1.82, 2.24) is 0 Å². The van der Waals surface area contributed by atoms with E-state index in [1.165, 1.54) is 0 Å². The van der Waals surface area contributed by atoms with Crippen LogP contribution in [0.25, 0.3) is 0 Å². The Bertz CT molecular complexity index is 234. The molecular weight excluding hydrogens is 168 g/mol. The lowest BCUT2D eigenvalue weighted by Gasteiger charge is -1.86. The molecule has 14 heavy (non-hydrogen) atoms. The predicted molar refractivity (Wildman–Crippen MR) is 62.8 cm³/mol. The van der Waals surface area contributed by atoms with Crippen LogP contribution >= 0.6 is 0 Å². The highest BCUT2D eigenvalue weighted by Gasteiger charge is 1.77. The monoisotopic (exact) mass is 185 g/mol. The second-order valence-corrected chi connectivity index (χ2v) is 3.17. The highest BCUT2D eigenvalue weighted by Crippen LogP contribution is 1.97. The lowest BCUT2D eigenvalue weighted by molar-refractivity contribution is 1.04. The molecule has 1 aliphatic rings. The van der Waals surface area contributed by atoms with Crippen molar-refractivity contribution in [2.45, 2.75) is 25.7 Å². The molecule has 1 radical (unpaired) electrons. The molecule has 0 atom stereocenters. The lowest BCUT2D eigenvalue weighted by Crippen LogP contribution is -1.67. The Kier molecular flexibility index (Phi) is 6.39. The molecule has 0 unspecified atom stereocenters. The molecule has 1 aliphatic carbocycles. The highest BCUT2D eigenvalue weighted by atomic mass is 13.8. The summed E-state index contributed by atoms with van der Waals surface area (Å²) in [5.74, 6) is 0. The molecule has 0 spiro atoms. The summed E-state index contributed by atoms with van der Waals surface area (Å²) in [4.78, 5) is 0. The number of allylic oxidation sites excluding steroid dienone is 10. The summed E-state index contributed by atoms with van der Waals surface area (Å²) in [6, 6.07) is 0. The van der Waals surface area contributed by atoms with Crippen LogP contribution < -0.4 is 0 Å². The van der Waals surface area contributed by atoms with Gasteiger partial charge in [0, 0.05) is 0 Å². The fourth-order valence-corrected chi connectivity index (χ4v) is 1.15. The molecule has 0 saturated carbocycles. The van der Waals surface area contributed by atoms with Gasteiger partial charge in [-0.05, 0) is 31.8 Å². The normalized spacial score (nSPS) is 18.3. The van der Waals surface area contributed by atoms with Gasteiger partial charge in [0.25, 0.3) is 0 Å². The molecule has 1 rings (SSSR count). The molecular formula is C14H17. The molecule has 0 heteroatoms. The van der Waals surface area contributed by atoms with E-state index in [2.05, 4.69) is 54.7 Å². The van der Waals surface area contributed by atoms with Crippen molar-refractivity contribution in [3.63, 3.8) is 0 Å². The third-order valence-corrected chi connectivity index (χ3v) is 1.92. The third kappa shape index (κ3) is 6.24. The number of hydrogen-bond acceptors (Lipinski definition) is 0. The van der Waals surface area contributed by atoms with Gasteiger partial charge in [0.05, 0.1) is 0 Å². The van der Waals surface area contributed by atoms with Crippen molar-refractivity contribution in [3.8, 4) is 0 Å². The van der Waals surface area contributed by atoms with Crippen LogP contribution in [-0.2, 0) is 0 Å². The van der Waals surface area contributed by atoms with Gasteiger partial charge in [0.2, 0.25) is 0 Å². The van der Waals surface area contributed by atoms with Gasteiger partial charge >= 0.3 is 0 Å². The molecule has 0 bridgehead atoms. The minimum atomic E-state index is 1.07. The summed E-state index contributed by atoms with van der Waals surface area (Å²) >= 11 is 0. The van der Waals surface area contributed by atoms with Gasteiger partial charge in [-0.25, -0.2) is 0 Å². The van der Waals surface area contributed by atoms with E-state index in [1.807, 2.05) is 6.08 Å². The maximum absolute atomic E-state index is 3.16. The van der Waals surface area contributed by atoms with E-state index < -0.39 is 0 Å². The maximum Gasteiger partial charge on any atom is -0.0230 e. The highest BCUT2D eigenvalue weighted by molar-refractivity contribution is 5.11. The molecule has 73 valence electrons. The first-order chi connectivity index (χ1) is 7.00. The van der Waals surface area contributed by atoms with E-state index in [-0.39, 0.29) is 0 Å². The van der Waals surface area contributed by atoms with Gasteiger partial charge in [0.15, 0.2) is 0 Å². The Morgan fingerprint density at radius 1 is 0.643 bits per heavy atom. The summed E-state index contributed by atoms with van der Waals surface area (Å²) in [6.07, 6.45) is 26.5. The summed E-state index contributed by atoms with van der Waals surface area (Å²) in [6.45, 7) is 0. The van der Waals surface area contributed by atoms with E-state index in [0.717, 1.165) is 25.7 Å². The average molecular weight is 185 g/mol. The predicted octanol–water partition coefficient (Wildman–Crippen LogP) is 4.14. The average Bonchev–Trinajstić information content (AvgIpc) is 2.22. The molecule has 0 nitrogen and oxygen atoms in total. The van der Waals surface area contributed by atoms with Crippen LogP contribution in [0.1, 0.15) is 25.7 Å². The Morgan fingerprint density at radius 3 is 2.07 bits per heavy atom. The summed E-state index contributed by atoms with van der Waals surface area (Å²) in [5.41, 5.74) is 0. The summed E-state index contributed by atoms with van der Waals surface area (Å²) in [5, 5.41) is 0. The SMILES string of the molecule is [C]1=CCCC=CC=CC=CCCC=C1. The van der Waals surface area contributed by atoms with Gasteiger partial charge in [-0.2, -0.15) is 0 Å². The summed E-state index contributed by atoms with van der Waals surface area (Å²) < 4.78 is 0. The van der Waals surface area contributed by atoms with Gasteiger partial charge in [-0.3, -0.25) is 0 Å². The minimum Gasteiger partial charge on any atom is -0.0842 e. The van der Waals surface area contributed by atoms with Gasteiger partial charge in [0.1, 0.15) is 0 Å². The molecule has 0 aliphatic heterocycles. The first kappa shape index (κ1) is 10.8. The van der Waals surface area contributed by atoms with Gasteiger partial charge < -0.3 is 0 Å². The minimum absolute atomic E-state index is 1.07. The van der Waals surface area contributed by atoms with E-state index in [9.17, 15) is 0 Å². The van der Waals surface area contributed by atoms with E-state index in [1.54, 1.807) is 0 Å². The topological polar surface area (TPSA) is 0 Å². The zero-order valence-electron chi connectivity index (χ0n) is 8.52. The lowest BCUT2D eigenvalue weighted by atomic mass is 10.2. The Hall–Kier alpha value is -1.30. The largest absolute Gasteiger partial charge is 0.0842 e. The molecule has 0 aromatic carbocycles. The molecule has 0 saturated heterocycles. The van der Waals surface area contributed by atoms with Gasteiger partial charge in [-0.1, -0.05) is 54.7 Å². The number of hydrogen-bond donors (Lipinski definition) is 0. The van der Waals surface area contributed by atoms with Crippen molar-refractivity contribution in [3.05, 3.63) is 60.8 Å². The Morgan fingerprint density at radius 2 is 1.29 bits per heavy atom. The van der Waals surface area contributed by atoms with Crippen LogP contribution in [0.5, 0.6) is 0 Å². The van der Waals surface area contributed by atoms with Crippen LogP contribution in [0.2, 0.25) is 0 Å². The van der Waals surface area contributed by atoms with Crippen molar-refractivity contribution in [2.24, 2.45) is 0 Å². The molecule has 0 N–H and O–H groups in total. The van der Waals surface area contributed by atoms with Crippen LogP contribution in [0.15, 0.2) is 54.7 Å².